The van der Waals surface area contributed by atoms with Gasteiger partial charge in [-0.3, -0.25) is 0 Å². The third-order valence-electron chi connectivity index (χ3n) is 4.95. The monoisotopic (exact) mass is 356 g/mol. The average Bonchev–Trinajstić information content (AvgIpc) is 3.32. The molecule has 2 fully saturated rings. The van der Waals surface area contributed by atoms with E-state index in [0.29, 0.717) is 0 Å². The van der Waals surface area contributed by atoms with Crippen molar-refractivity contribution in [1.29, 1.82) is 0 Å². The van der Waals surface area contributed by atoms with Gasteiger partial charge in [0.25, 0.3) is 0 Å². The summed E-state index contributed by atoms with van der Waals surface area (Å²) in [5.74, 6) is 1.66. The van der Waals surface area contributed by atoms with Crippen LogP contribution in [0.4, 0.5) is 0 Å². The van der Waals surface area contributed by atoms with Crippen LogP contribution in [0.3, 0.4) is 0 Å². The van der Waals surface area contributed by atoms with Gasteiger partial charge in [-0.05, 0) is 62.7 Å². The quantitative estimate of drug-likeness (QED) is 0.793. The normalized spacial score (nSPS) is 24.5. The van der Waals surface area contributed by atoms with Gasteiger partial charge in [-0.1, -0.05) is 48.9 Å². The van der Waals surface area contributed by atoms with Gasteiger partial charge in [0, 0.05) is 6.04 Å². The van der Waals surface area contributed by atoms with Gasteiger partial charge in [0.1, 0.15) is 0 Å². The van der Waals surface area contributed by atoms with E-state index in [9.17, 15) is 0 Å². The molecule has 1 aromatic rings. The Morgan fingerprint density at radius 2 is 1.87 bits per heavy atom. The number of nitrogens with one attached hydrogen (secondary N) is 2. The summed E-state index contributed by atoms with van der Waals surface area (Å²) in [4.78, 5) is 0. The van der Waals surface area contributed by atoms with E-state index in [4.69, 9.17) is 0 Å². The Morgan fingerprint density at radius 3 is 2.52 bits per heavy atom. The number of halogens is 2. The smallest absolute Gasteiger partial charge is 0.0140 e. The first kappa shape index (κ1) is 20.5. The predicted octanol–water partition coefficient (Wildman–Crippen LogP) is 4.30. The molecule has 23 heavy (non-hydrogen) atoms. The Bertz CT molecular complexity index is 470. The van der Waals surface area contributed by atoms with Crippen LogP contribution in [0.5, 0.6) is 0 Å². The Morgan fingerprint density at radius 1 is 1.17 bits per heavy atom. The van der Waals surface area contributed by atoms with Gasteiger partial charge in [-0.2, -0.15) is 0 Å². The van der Waals surface area contributed by atoms with Gasteiger partial charge in [-0.25, -0.2) is 0 Å². The molecule has 2 aliphatic rings. The van der Waals surface area contributed by atoms with E-state index in [-0.39, 0.29) is 24.8 Å². The highest BCUT2D eigenvalue weighted by Crippen LogP contribution is 2.39. The third kappa shape index (κ3) is 6.11. The van der Waals surface area contributed by atoms with Gasteiger partial charge < -0.3 is 10.6 Å². The fraction of sp³-hybridized carbons (Fsp3) is 0.579. The third-order valence-corrected chi connectivity index (χ3v) is 4.95. The molecule has 1 heterocycles. The van der Waals surface area contributed by atoms with Gasteiger partial charge in [-0.15, -0.1) is 24.8 Å². The number of rotatable bonds is 6. The summed E-state index contributed by atoms with van der Waals surface area (Å²) in [7, 11) is 0. The second kappa shape index (κ2) is 10.4. The van der Waals surface area contributed by atoms with E-state index < -0.39 is 0 Å². The summed E-state index contributed by atoms with van der Waals surface area (Å²) in [5.41, 5.74) is 2.96. The Hall–Kier alpha value is -0.540. The maximum atomic E-state index is 3.81. The predicted molar refractivity (Wildman–Crippen MR) is 105 cm³/mol. The van der Waals surface area contributed by atoms with Gasteiger partial charge in [0.2, 0.25) is 0 Å². The molecule has 0 aromatic heterocycles. The van der Waals surface area contributed by atoms with Crippen LogP contribution >= 0.6 is 24.8 Å². The fourth-order valence-corrected chi connectivity index (χ4v) is 3.47. The molecule has 0 unspecified atom stereocenters. The number of piperidine rings is 1. The zero-order valence-corrected chi connectivity index (χ0v) is 15.6. The van der Waals surface area contributed by atoms with Gasteiger partial charge in [0.05, 0.1) is 0 Å². The maximum absolute atomic E-state index is 3.81. The van der Waals surface area contributed by atoms with Crippen molar-refractivity contribution in [2.45, 2.75) is 38.6 Å². The first-order valence-electron chi connectivity index (χ1n) is 8.56. The number of hydrogen-bond acceptors (Lipinski definition) is 2. The van der Waals surface area contributed by atoms with Crippen molar-refractivity contribution in [2.24, 2.45) is 11.8 Å². The SMILES string of the molecule is CCC(=Cc1ccccc1)[C@@H]1C[C@H]1NCC1CCNCC1.Cl.Cl. The van der Waals surface area contributed by atoms with Crippen molar-refractivity contribution in [3.05, 3.63) is 41.5 Å². The van der Waals surface area contributed by atoms with Crippen molar-refractivity contribution in [3.63, 3.8) is 0 Å². The van der Waals surface area contributed by atoms with Crippen LogP contribution in [-0.4, -0.2) is 25.7 Å². The highest BCUT2D eigenvalue weighted by atomic mass is 35.5. The Kier molecular flexibility index (Phi) is 9.23. The van der Waals surface area contributed by atoms with E-state index in [1.165, 1.54) is 50.9 Å². The van der Waals surface area contributed by atoms with E-state index >= 15 is 0 Å². The topological polar surface area (TPSA) is 24.1 Å². The lowest BCUT2D eigenvalue weighted by Crippen LogP contribution is -2.34. The molecular weight excluding hydrogens is 327 g/mol. The molecule has 0 bridgehead atoms. The minimum absolute atomic E-state index is 0. The van der Waals surface area contributed by atoms with Crippen molar-refractivity contribution in [3.8, 4) is 0 Å². The molecule has 130 valence electrons. The van der Waals surface area contributed by atoms with Crippen LogP contribution < -0.4 is 10.6 Å². The molecule has 2 nitrogen and oxygen atoms in total. The molecule has 0 amide bonds. The zero-order valence-electron chi connectivity index (χ0n) is 14.0. The standard InChI is InChI=1S/C19H28N2.2ClH/c1-2-17(12-15-6-4-3-5-7-15)18-13-19(18)21-14-16-8-10-20-11-9-16;;/h3-7,12,16,18-21H,2,8-11,13-14H2,1H3;2*1H/t18-,19+;;/m0../s1. The maximum Gasteiger partial charge on any atom is 0.0140 e. The molecule has 2 N–H and O–H groups in total. The molecule has 1 saturated heterocycles. The Labute approximate surface area is 153 Å². The lowest BCUT2D eigenvalue weighted by atomic mass is 9.98. The van der Waals surface area contributed by atoms with Gasteiger partial charge >= 0.3 is 0 Å². The van der Waals surface area contributed by atoms with Crippen molar-refractivity contribution < 1.29 is 0 Å². The van der Waals surface area contributed by atoms with Crippen LogP contribution in [-0.2, 0) is 0 Å². The van der Waals surface area contributed by atoms with E-state index in [2.05, 4.69) is 54.0 Å². The molecule has 3 rings (SSSR count). The molecular formula is C19H30Cl2N2. The van der Waals surface area contributed by atoms with Crippen molar-refractivity contribution in [2.75, 3.05) is 19.6 Å². The van der Waals surface area contributed by atoms with Crippen molar-refractivity contribution >= 4 is 30.9 Å². The fourth-order valence-electron chi connectivity index (χ4n) is 3.47. The summed E-state index contributed by atoms with van der Waals surface area (Å²) in [5, 5.41) is 7.25. The van der Waals surface area contributed by atoms with Crippen LogP contribution in [0, 0.1) is 11.8 Å². The van der Waals surface area contributed by atoms with E-state index in [0.717, 1.165) is 17.9 Å². The molecule has 1 saturated carbocycles. The summed E-state index contributed by atoms with van der Waals surface area (Å²) >= 11 is 0. The number of hydrogen-bond donors (Lipinski definition) is 2. The van der Waals surface area contributed by atoms with Crippen LogP contribution in [0.1, 0.15) is 38.2 Å². The van der Waals surface area contributed by atoms with Crippen LogP contribution in [0.2, 0.25) is 0 Å². The molecule has 2 atom stereocenters. The first-order chi connectivity index (χ1) is 10.4. The van der Waals surface area contributed by atoms with Crippen LogP contribution in [0.25, 0.3) is 6.08 Å². The summed E-state index contributed by atoms with van der Waals surface area (Å²) in [6.45, 7) is 5.91. The molecule has 4 heteroatoms. The second-order valence-corrected chi connectivity index (χ2v) is 6.53. The van der Waals surface area contributed by atoms with E-state index in [1.807, 2.05) is 0 Å². The largest absolute Gasteiger partial charge is 0.317 e. The van der Waals surface area contributed by atoms with E-state index in [1.54, 1.807) is 5.57 Å². The summed E-state index contributed by atoms with van der Waals surface area (Å²) in [6.07, 6.45) is 7.58. The lowest BCUT2D eigenvalue weighted by Gasteiger charge is -2.23. The lowest BCUT2D eigenvalue weighted by molar-refractivity contribution is 0.354. The number of benzene rings is 1. The van der Waals surface area contributed by atoms with Crippen LogP contribution in [0.15, 0.2) is 35.9 Å². The average molecular weight is 357 g/mol. The molecule has 1 aliphatic heterocycles. The molecule has 0 radical (unpaired) electrons. The van der Waals surface area contributed by atoms with Gasteiger partial charge in [0.15, 0.2) is 0 Å². The first-order valence-corrected chi connectivity index (χ1v) is 8.56. The molecule has 1 aromatic carbocycles. The highest BCUT2D eigenvalue weighted by molar-refractivity contribution is 5.85. The molecule has 1 aliphatic carbocycles. The zero-order chi connectivity index (χ0) is 14.5. The summed E-state index contributed by atoms with van der Waals surface area (Å²) in [6, 6.07) is 11.5. The Balaban J connectivity index is 0.00000132. The highest BCUT2D eigenvalue weighted by Gasteiger charge is 2.38. The summed E-state index contributed by atoms with van der Waals surface area (Å²) < 4.78 is 0. The van der Waals surface area contributed by atoms with Crippen molar-refractivity contribution in [1.82, 2.24) is 10.6 Å². The minimum Gasteiger partial charge on any atom is -0.317 e. The minimum atomic E-state index is 0. The second-order valence-electron chi connectivity index (χ2n) is 6.53. The molecule has 0 spiro atoms.